The van der Waals surface area contributed by atoms with E-state index in [1.807, 2.05) is 140 Å². The van der Waals surface area contributed by atoms with Crippen LogP contribution in [0.3, 0.4) is 0 Å². The van der Waals surface area contributed by atoms with Crippen molar-refractivity contribution in [3.05, 3.63) is 279 Å². The molecule has 1 unspecified atom stereocenters. The molecule has 11 aromatic carbocycles. The van der Waals surface area contributed by atoms with E-state index in [-0.39, 0.29) is 0 Å². The summed E-state index contributed by atoms with van der Waals surface area (Å²) >= 11 is 0. The van der Waals surface area contributed by atoms with Crippen LogP contribution in [0.15, 0.2) is 279 Å². The van der Waals surface area contributed by atoms with Gasteiger partial charge in [-0.25, -0.2) is 4.98 Å². The Balaban J connectivity index is 0.892. The van der Waals surface area contributed by atoms with Crippen LogP contribution in [0.5, 0.6) is 0 Å². The maximum absolute atomic E-state index is 16.4. The van der Waals surface area contributed by atoms with Crippen LogP contribution in [0, 0.1) is 0 Å². The lowest BCUT2D eigenvalue weighted by Crippen LogP contribution is -2.26. The maximum atomic E-state index is 16.4. The van der Waals surface area contributed by atoms with Crippen molar-refractivity contribution in [2.24, 2.45) is 0 Å². The van der Waals surface area contributed by atoms with Gasteiger partial charge in [-0.3, -0.25) is 18.5 Å². The van der Waals surface area contributed by atoms with E-state index in [0.717, 1.165) is 111 Å². The summed E-state index contributed by atoms with van der Waals surface area (Å²) in [6.45, 7) is 0. The van der Waals surface area contributed by atoms with Crippen molar-refractivity contribution in [3.8, 4) is 56.7 Å². The summed E-state index contributed by atoms with van der Waals surface area (Å²) in [7, 11) is -3.54. The number of rotatable bonds is 9. The van der Waals surface area contributed by atoms with Crippen LogP contribution in [-0.2, 0) is 4.57 Å². The molecule has 0 fully saturated rings. The number of hydrogen-bond acceptors (Lipinski definition) is 4. The van der Waals surface area contributed by atoms with Gasteiger partial charge >= 0.3 is 7.44 Å². The fourth-order valence-corrected chi connectivity index (χ4v) is 14.5. The number of benzene rings is 11. The first-order valence-corrected chi connectivity index (χ1v) is 27.7. The minimum absolute atomic E-state index is 0.558. The molecule has 78 heavy (non-hydrogen) atoms. The molecule has 4 heterocycles. The van der Waals surface area contributed by atoms with E-state index < -0.39 is 7.44 Å². The zero-order valence-corrected chi connectivity index (χ0v) is 42.9. The highest BCUT2D eigenvalue weighted by Crippen LogP contribution is 2.70. The van der Waals surface area contributed by atoms with Gasteiger partial charge in [-0.1, -0.05) is 176 Å². The van der Waals surface area contributed by atoms with Gasteiger partial charge in [-0.15, -0.1) is 0 Å². The number of hydrogen-bond donors (Lipinski definition) is 0. The second-order valence-electron chi connectivity index (χ2n) is 19.6. The van der Waals surface area contributed by atoms with Crippen molar-refractivity contribution in [1.29, 1.82) is 0 Å². The highest BCUT2D eigenvalue weighted by molar-refractivity contribution is 7.76. The smallest absolute Gasteiger partial charge is 0.301 e. The van der Waals surface area contributed by atoms with Crippen LogP contribution < -0.4 is 14.6 Å². The van der Waals surface area contributed by atoms with Gasteiger partial charge in [0.1, 0.15) is 0 Å². The Morgan fingerprint density at radius 1 is 0.282 bits per heavy atom. The predicted molar refractivity (Wildman–Crippen MR) is 321 cm³/mol. The quantitative estimate of drug-likeness (QED) is 0.134. The molecule has 3 aromatic heterocycles. The van der Waals surface area contributed by atoms with Crippen molar-refractivity contribution in [2.75, 3.05) is 9.34 Å². The third kappa shape index (κ3) is 7.30. The largest absolute Gasteiger partial charge is 0.309 e. The highest BCUT2D eigenvalue weighted by atomic mass is 31.2. The highest BCUT2D eigenvalue weighted by Gasteiger charge is 2.49. The van der Waals surface area contributed by atoms with Gasteiger partial charge in [0.15, 0.2) is 11.6 Å². The number of aromatic nitrogens is 5. The summed E-state index contributed by atoms with van der Waals surface area (Å²) in [5.74, 6) is 1.78. The first-order chi connectivity index (χ1) is 38.6. The van der Waals surface area contributed by atoms with Gasteiger partial charge in [-0.05, 0) is 125 Å². The number of nitrogens with zero attached hydrogens (tertiary/aromatic N) is 7. The molecule has 1 aliphatic rings. The molecular formula is C69H46N7OP. The molecule has 0 saturated heterocycles. The summed E-state index contributed by atoms with van der Waals surface area (Å²) in [5.41, 5.74) is 14.9. The first kappa shape index (κ1) is 45.3. The Morgan fingerprint density at radius 2 is 0.667 bits per heavy atom. The van der Waals surface area contributed by atoms with Gasteiger partial charge < -0.3 is 4.57 Å². The van der Waals surface area contributed by atoms with Gasteiger partial charge in [0.05, 0.1) is 38.7 Å². The fraction of sp³-hybridized carbons (Fsp3) is 0. The second kappa shape index (κ2) is 18.3. The summed E-state index contributed by atoms with van der Waals surface area (Å²) in [6.07, 6.45) is 0. The molecule has 0 amide bonds. The third-order valence-corrected chi connectivity index (χ3v) is 18.0. The van der Waals surface area contributed by atoms with E-state index in [0.29, 0.717) is 17.6 Å². The molecule has 0 N–H and O–H groups in total. The van der Waals surface area contributed by atoms with E-state index in [4.69, 9.17) is 15.0 Å². The summed E-state index contributed by atoms with van der Waals surface area (Å²) in [4.78, 5) is 15.3. The average Bonchev–Trinajstić information content (AvgIpc) is 4.31. The fourth-order valence-electron chi connectivity index (χ4n) is 11.5. The van der Waals surface area contributed by atoms with Gasteiger partial charge in [0.2, 0.25) is 5.95 Å². The van der Waals surface area contributed by atoms with Crippen molar-refractivity contribution >= 4 is 79.1 Å². The number of anilines is 4. The molecule has 1 aliphatic heterocycles. The lowest BCUT2D eigenvalue weighted by molar-refractivity contribution is 0.582. The Hall–Kier alpha value is -10.1. The number of fused-ring (bicyclic) bond motifs is 7. The molecule has 0 spiro atoms. The zero-order valence-electron chi connectivity index (χ0n) is 42.0. The maximum Gasteiger partial charge on any atom is 0.301 e. The van der Waals surface area contributed by atoms with E-state index in [9.17, 15) is 0 Å². The predicted octanol–water partition coefficient (Wildman–Crippen LogP) is 17.5. The van der Waals surface area contributed by atoms with Gasteiger partial charge in [0, 0.05) is 49.7 Å². The summed E-state index contributed by atoms with van der Waals surface area (Å²) < 4.78 is 25.0. The minimum atomic E-state index is -3.54. The van der Waals surface area contributed by atoms with Crippen molar-refractivity contribution in [3.63, 3.8) is 0 Å². The topological polar surface area (TPSA) is 72.1 Å². The third-order valence-electron chi connectivity index (χ3n) is 15.1. The van der Waals surface area contributed by atoms with E-state index in [1.54, 1.807) is 0 Å². The normalized spacial score (nSPS) is 14.2. The van der Waals surface area contributed by atoms with Crippen molar-refractivity contribution in [1.82, 2.24) is 24.1 Å². The van der Waals surface area contributed by atoms with E-state index in [2.05, 4.69) is 158 Å². The van der Waals surface area contributed by atoms with Gasteiger partial charge in [-0.2, -0.15) is 9.97 Å². The molecule has 368 valence electrons. The molecule has 0 saturated carbocycles. The summed E-state index contributed by atoms with van der Waals surface area (Å²) in [5, 5.41) is 5.23. The molecular weight excluding hydrogens is 974 g/mol. The summed E-state index contributed by atoms with van der Waals surface area (Å²) in [6, 6.07) is 96.4. The molecule has 8 nitrogen and oxygen atoms in total. The van der Waals surface area contributed by atoms with Crippen LogP contribution in [0.2, 0.25) is 0 Å². The minimum Gasteiger partial charge on any atom is -0.309 e. The van der Waals surface area contributed by atoms with Gasteiger partial charge in [0.25, 0.3) is 0 Å². The Kier molecular flexibility index (Phi) is 10.6. The van der Waals surface area contributed by atoms with Crippen molar-refractivity contribution < 1.29 is 4.57 Å². The molecule has 0 bridgehead atoms. The molecule has 15 rings (SSSR count). The molecule has 0 radical (unpaired) electrons. The lowest BCUT2D eigenvalue weighted by Gasteiger charge is -2.33. The molecule has 9 heteroatoms. The SMILES string of the molecule is O=P1(c2ccccc2)N(c2ccccc2)c2ccc(-c3ccc4c(c3)c3cc(-c5ccc6c(c5)c5ccccc5n6-c5nc(-c6ccccc6)nc(-c6ccccc6)n5)ccc3n4-c3ccccc3)cc2N1c1ccccc1. The van der Waals surface area contributed by atoms with Crippen molar-refractivity contribution in [2.45, 2.75) is 0 Å². The molecule has 1 atom stereocenters. The zero-order chi connectivity index (χ0) is 51.7. The van der Waals surface area contributed by atoms with Crippen LogP contribution in [0.25, 0.3) is 100 Å². The Morgan fingerprint density at radius 3 is 1.19 bits per heavy atom. The lowest BCUT2D eigenvalue weighted by atomic mass is 9.99. The van der Waals surface area contributed by atoms with Crippen LogP contribution in [-0.4, -0.2) is 24.1 Å². The molecule has 0 aliphatic carbocycles. The van der Waals surface area contributed by atoms with Crippen LogP contribution in [0.1, 0.15) is 0 Å². The average molecular weight is 1020 g/mol. The van der Waals surface area contributed by atoms with Crippen LogP contribution >= 0.6 is 7.44 Å². The number of para-hydroxylation sites is 4. The Bertz CT molecular complexity index is 4590. The van der Waals surface area contributed by atoms with E-state index >= 15 is 4.57 Å². The second-order valence-corrected chi connectivity index (χ2v) is 22.0. The monoisotopic (exact) mass is 1020 g/mol. The van der Waals surface area contributed by atoms with Crippen LogP contribution in [0.4, 0.5) is 22.7 Å². The van der Waals surface area contributed by atoms with E-state index in [1.165, 1.54) is 0 Å². The first-order valence-electron chi connectivity index (χ1n) is 26.1. The standard InChI is InChI=1S/C69H46N7OP/c77-78(56-31-17-6-18-32-56)75(54-27-13-4-14-28-54)65-42-38-52(46-66(65)76(78)55-29-15-5-16-30-55)51-36-40-63-60(45-51)59-44-50(35-39-62(59)73(63)53-25-11-3-12-26-53)49-37-41-64-58(43-49)57-33-19-20-34-61(57)74(64)69-71-67(47-21-7-1-8-22-47)70-68(72-69)48-23-9-2-10-24-48/h1-46H. The molecule has 14 aromatic rings. The Labute approximate surface area is 450 Å².